The number of aryl methyl sites for hydroxylation is 1. The van der Waals surface area contributed by atoms with Gasteiger partial charge in [-0.2, -0.15) is 4.98 Å². The maximum atomic E-state index is 12.1. The van der Waals surface area contributed by atoms with E-state index in [4.69, 9.17) is 5.11 Å². The second-order valence-corrected chi connectivity index (χ2v) is 6.78. The van der Waals surface area contributed by atoms with E-state index in [1.54, 1.807) is 17.7 Å². The van der Waals surface area contributed by atoms with E-state index in [-0.39, 0.29) is 18.2 Å². The molecule has 0 aliphatic rings. The van der Waals surface area contributed by atoms with E-state index in [2.05, 4.69) is 4.98 Å². The SMILES string of the molecule is Cc1nc(=O)n(C(C)CCS(C)=O)c(C)c1CCC(=O)O. The smallest absolute Gasteiger partial charge is 0.348 e. The van der Waals surface area contributed by atoms with E-state index >= 15 is 0 Å². The molecular formula is C14H22N2O4S. The van der Waals surface area contributed by atoms with Crippen molar-refractivity contribution >= 4 is 16.8 Å². The first-order chi connectivity index (χ1) is 9.73. The Hall–Kier alpha value is -1.50. The number of hydrogen-bond donors (Lipinski definition) is 1. The number of aromatic nitrogens is 2. The minimum Gasteiger partial charge on any atom is -0.481 e. The summed E-state index contributed by atoms with van der Waals surface area (Å²) in [5, 5.41) is 8.81. The van der Waals surface area contributed by atoms with E-state index in [1.165, 1.54) is 0 Å². The van der Waals surface area contributed by atoms with Crippen LogP contribution in [0, 0.1) is 13.8 Å². The van der Waals surface area contributed by atoms with Crippen LogP contribution < -0.4 is 5.69 Å². The van der Waals surface area contributed by atoms with Crippen LogP contribution in [0.25, 0.3) is 0 Å². The van der Waals surface area contributed by atoms with Gasteiger partial charge in [-0.1, -0.05) is 0 Å². The summed E-state index contributed by atoms with van der Waals surface area (Å²) < 4.78 is 12.8. The second kappa shape index (κ2) is 7.49. The predicted molar refractivity (Wildman–Crippen MR) is 82.2 cm³/mol. The van der Waals surface area contributed by atoms with Gasteiger partial charge in [0, 0.05) is 46.7 Å². The van der Waals surface area contributed by atoms with Crippen LogP contribution in [0.4, 0.5) is 0 Å². The van der Waals surface area contributed by atoms with Crippen LogP contribution in [0.15, 0.2) is 4.79 Å². The molecule has 0 saturated carbocycles. The highest BCUT2D eigenvalue weighted by Gasteiger charge is 2.16. The van der Waals surface area contributed by atoms with E-state index < -0.39 is 16.8 Å². The van der Waals surface area contributed by atoms with Crippen LogP contribution >= 0.6 is 0 Å². The summed E-state index contributed by atoms with van der Waals surface area (Å²) in [4.78, 5) is 26.8. The van der Waals surface area contributed by atoms with Crippen LogP contribution in [0.3, 0.4) is 0 Å². The Bertz CT molecular complexity index is 610. The fourth-order valence-corrected chi connectivity index (χ4v) is 3.07. The van der Waals surface area contributed by atoms with Gasteiger partial charge in [0.15, 0.2) is 0 Å². The lowest BCUT2D eigenvalue weighted by Gasteiger charge is -2.20. The predicted octanol–water partition coefficient (Wildman–Crippen LogP) is 1.21. The molecule has 7 heteroatoms. The molecule has 0 aliphatic heterocycles. The zero-order valence-corrected chi connectivity index (χ0v) is 13.7. The molecule has 21 heavy (non-hydrogen) atoms. The van der Waals surface area contributed by atoms with Crippen molar-refractivity contribution in [2.45, 2.75) is 46.1 Å². The lowest BCUT2D eigenvalue weighted by atomic mass is 10.1. The summed E-state index contributed by atoms with van der Waals surface area (Å²) in [7, 11) is -0.906. The number of carboxylic acid groups (broad SMARTS) is 1. The summed E-state index contributed by atoms with van der Waals surface area (Å²) in [6, 6.07) is -0.113. The monoisotopic (exact) mass is 314 g/mol. The van der Waals surface area contributed by atoms with Gasteiger partial charge in [0.2, 0.25) is 0 Å². The first kappa shape index (κ1) is 17.6. The summed E-state index contributed by atoms with van der Waals surface area (Å²) in [6.07, 6.45) is 2.61. The van der Waals surface area contributed by atoms with E-state index in [1.807, 2.05) is 13.8 Å². The molecule has 1 aromatic rings. The Labute approximate surface area is 126 Å². The first-order valence-corrected chi connectivity index (χ1v) is 8.57. The molecule has 1 heterocycles. The Balaban J connectivity index is 3.14. The largest absolute Gasteiger partial charge is 0.481 e. The van der Waals surface area contributed by atoms with Gasteiger partial charge < -0.3 is 5.11 Å². The number of nitrogens with zero attached hydrogens (tertiary/aromatic N) is 2. The third-order valence-electron chi connectivity index (χ3n) is 3.56. The first-order valence-electron chi connectivity index (χ1n) is 6.84. The third-order valence-corrected chi connectivity index (χ3v) is 4.37. The van der Waals surface area contributed by atoms with Gasteiger partial charge in [0.05, 0.1) is 0 Å². The molecule has 0 fully saturated rings. The van der Waals surface area contributed by atoms with Gasteiger partial charge >= 0.3 is 11.7 Å². The molecule has 0 aromatic carbocycles. The van der Waals surface area contributed by atoms with Crippen molar-refractivity contribution in [1.82, 2.24) is 9.55 Å². The van der Waals surface area contributed by atoms with Gasteiger partial charge in [-0.15, -0.1) is 0 Å². The van der Waals surface area contributed by atoms with Gasteiger partial charge in [-0.3, -0.25) is 13.6 Å². The van der Waals surface area contributed by atoms with Gasteiger partial charge in [-0.25, -0.2) is 4.79 Å². The molecule has 0 saturated heterocycles. The van der Waals surface area contributed by atoms with Crippen molar-refractivity contribution < 1.29 is 14.1 Å². The number of aliphatic carboxylic acids is 1. The van der Waals surface area contributed by atoms with E-state index in [0.29, 0.717) is 24.3 Å². The van der Waals surface area contributed by atoms with Crippen molar-refractivity contribution in [2.75, 3.05) is 12.0 Å². The quantitative estimate of drug-likeness (QED) is 0.817. The molecule has 1 rings (SSSR count). The lowest BCUT2D eigenvalue weighted by Crippen LogP contribution is -2.31. The summed E-state index contributed by atoms with van der Waals surface area (Å²) >= 11 is 0. The molecule has 0 spiro atoms. The van der Waals surface area contributed by atoms with E-state index in [9.17, 15) is 13.8 Å². The van der Waals surface area contributed by atoms with Gasteiger partial charge in [0.1, 0.15) is 0 Å². The number of hydrogen-bond acceptors (Lipinski definition) is 4. The molecule has 0 amide bonds. The Morgan fingerprint density at radius 2 is 2.05 bits per heavy atom. The molecule has 0 aliphatic carbocycles. The maximum Gasteiger partial charge on any atom is 0.348 e. The van der Waals surface area contributed by atoms with Crippen LogP contribution in [0.2, 0.25) is 0 Å². The van der Waals surface area contributed by atoms with Crippen LogP contribution in [0.1, 0.15) is 42.8 Å². The lowest BCUT2D eigenvalue weighted by molar-refractivity contribution is -0.136. The highest BCUT2D eigenvalue weighted by molar-refractivity contribution is 7.84. The highest BCUT2D eigenvalue weighted by Crippen LogP contribution is 2.17. The van der Waals surface area contributed by atoms with Crippen molar-refractivity contribution in [3.8, 4) is 0 Å². The Morgan fingerprint density at radius 1 is 1.43 bits per heavy atom. The fraction of sp³-hybridized carbons (Fsp3) is 0.643. The van der Waals surface area contributed by atoms with Crippen molar-refractivity contribution in [3.05, 3.63) is 27.4 Å². The average molecular weight is 314 g/mol. The Morgan fingerprint density at radius 3 is 2.57 bits per heavy atom. The molecule has 2 atom stereocenters. The third kappa shape index (κ3) is 4.77. The minimum absolute atomic E-state index is 0.00885. The molecule has 6 nitrogen and oxygen atoms in total. The topological polar surface area (TPSA) is 89.3 Å². The number of carboxylic acids is 1. The van der Waals surface area contributed by atoms with Gasteiger partial charge in [0.25, 0.3) is 0 Å². The molecule has 1 N–H and O–H groups in total. The zero-order valence-electron chi connectivity index (χ0n) is 12.9. The molecular weight excluding hydrogens is 292 g/mol. The summed E-state index contributed by atoms with van der Waals surface area (Å²) in [5.74, 6) is -0.355. The Kier molecular flexibility index (Phi) is 6.26. The second-order valence-electron chi connectivity index (χ2n) is 5.22. The van der Waals surface area contributed by atoms with Crippen molar-refractivity contribution in [2.24, 2.45) is 0 Å². The zero-order chi connectivity index (χ0) is 16.2. The summed E-state index contributed by atoms with van der Waals surface area (Å²) in [5.41, 5.74) is 1.81. The van der Waals surface area contributed by atoms with Crippen LogP contribution in [-0.2, 0) is 22.0 Å². The van der Waals surface area contributed by atoms with Crippen LogP contribution in [-0.4, -0.2) is 36.8 Å². The van der Waals surface area contributed by atoms with Crippen molar-refractivity contribution in [3.63, 3.8) is 0 Å². The standard InChI is InChI=1S/C14H22N2O4S/c1-9(7-8-21(4)20)16-11(3)12(5-6-13(17)18)10(2)15-14(16)19/h9H,5-8H2,1-4H3,(H,17,18). The molecule has 0 radical (unpaired) electrons. The van der Waals surface area contributed by atoms with Gasteiger partial charge in [-0.05, 0) is 39.2 Å². The minimum atomic E-state index is -0.906. The number of rotatable bonds is 7. The molecule has 118 valence electrons. The number of carbonyl (C=O) groups is 1. The summed E-state index contributed by atoms with van der Waals surface area (Å²) in [6.45, 7) is 5.42. The highest BCUT2D eigenvalue weighted by atomic mass is 32.2. The van der Waals surface area contributed by atoms with Crippen LogP contribution in [0.5, 0.6) is 0 Å². The average Bonchev–Trinajstić information content (AvgIpc) is 2.35. The fourth-order valence-electron chi connectivity index (χ4n) is 2.39. The maximum absolute atomic E-state index is 12.1. The van der Waals surface area contributed by atoms with E-state index in [0.717, 1.165) is 11.3 Å². The normalized spacial score (nSPS) is 13.9. The van der Waals surface area contributed by atoms with Crippen molar-refractivity contribution in [1.29, 1.82) is 0 Å². The molecule has 2 unspecified atom stereocenters. The molecule has 1 aromatic heterocycles. The molecule has 0 bridgehead atoms.